The van der Waals surface area contributed by atoms with Crippen molar-refractivity contribution < 1.29 is 4.74 Å². The minimum Gasteiger partial charge on any atom is -0.381 e. The minimum absolute atomic E-state index is 0.942. The van der Waals surface area contributed by atoms with Crippen LogP contribution < -0.4 is 0 Å². The van der Waals surface area contributed by atoms with Crippen LogP contribution in [0.25, 0.3) is 0 Å². The van der Waals surface area contributed by atoms with Crippen molar-refractivity contribution in [1.29, 1.82) is 0 Å². The van der Waals surface area contributed by atoms with Crippen molar-refractivity contribution in [2.45, 2.75) is 90.9 Å². The van der Waals surface area contributed by atoms with Crippen molar-refractivity contribution in [2.75, 3.05) is 24.7 Å². The van der Waals surface area contributed by atoms with E-state index in [1.807, 2.05) is 0 Å². The van der Waals surface area contributed by atoms with E-state index in [9.17, 15) is 0 Å². The second-order valence-corrected chi connectivity index (χ2v) is 7.09. The molecular formula is C18H38OS. The molecule has 1 nitrogen and oxygen atoms in total. The van der Waals surface area contributed by atoms with E-state index < -0.39 is 0 Å². The lowest BCUT2D eigenvalue weighted by atomic mass is 10.1. The molecule has 0 heterocycles. The predicted molar refractivity (Wildman–Crippen MR) is 94.9 cm³/mol. The molecule has 0 aromatic rings. The van der Waals surface area contributed by atoms with Crippen LogP contribution in [0, 0.1) is 0 Å². The van der Waals surface area contributed by atoms with Crippen LogP contribution in [0.15, 0.2) is 0 Å². The highest BCUT2D eigenvalue weighted by Gasteiger charge is 1.94. The fourth-order valence-corrected chi connectivity index (χ4v) is 3.09. The van der Waals surface area contributed by atoms with Gasteiger partial charge in [-0.3, -0.25) is 0 Å². The van der Waals surface area contributed by atoms with Gasteiger partial charge in [-0.1, -0.05) is 71.6 Å². The van der Waals surface area contributed by atoms with Gasteiger partial charge in [-0.25, -0.2) is 0 Å². The highest BCUT2D eigenvalue weighted by molar-refractivity contribution is 7.99. The number of thioether (sulfide) groups is 1. The van der Waals surface area contributed by atoms with Gasteiger partial charge in [-0.15, -0.1) is 0 Å². The zero-order valence-corrected chi connectivity index (χ0v) is 14.9. The summed E-state index contributed by atoms with van der Waals surface area (Å²) in [6.45, 7) is 6.34. The number of ether oxygens (including phenoxy) is 1. The molecular weight excluding hydrogens is 264 g/mol. The quantitative estimate of drug-likeness (QED) is 0.285. The maximum atomic E-state index is 5.49. The SMILES string of the molecule is CCCOCCCCCCCCCCCCCSCC. The van der Waals surface area contributed by atoms with Crippen molar-refractivity contribution >= 4 is 11.8 Å². The van der Waals surface area contributed by atoms with Gasteiger partial charge in [0.25, 0.3) is 0 Å². The van der Waals surface area contributed by atoms with Crippen LogP contribution in [0.2, 0.25) is 0 Å². The summed E-state index contributed by atoms with van der Waals surface area (Å²) in [7, 11) is 0. The molecule has 122 valence electrons. The smallest absolute Gasteiger partial charge is 0.0466 e. The molecule has 0 saturated heterocycles. The summed E-state index contributed by atoms with van der Waals surface area (Å²) in [4.78, 5) is 0. The van der Waals surface area contributed by atoms with Gasteiger partial charge in [-0.2, -0.15) is 11.8 Å². The Morgan fingerprint density at radius 1 is 0.600 bits per heavy atom. The topological polar surface area (TPSA) is 9.23 Å². The molecule has 0 fully saturated rings. The molecule has 20 heavy (non-hydrogen) atoms. The molecule has 0 radical (unpaired) electrons. The third-order valence-corrected chi connectivity index (χ3v) is 4.62. The van der Waals surface area contributed by atoms with E-state index in [0.29, 0.717) is 0 Å². The zero-order chi connectivity index (χ0) is 14.7. The van der Waals surface area contributed by atoms with Crippen LogP contribution in [0.1, 0.15) is 90.9 Å². The maximum absolute atomic E-state index is 5.49. The molecule has 0 atom stereocenters. The summed E-state index contributed by atoms with van der Waals surface area (Å²) >= 11 is 2.08. The van der Waals surface area contributed by atoms with E-state index >= 15 is 0 Å². The summed E-state index contributed by atoms with van der Waals surface area (Å²) in [5.41, 5.74) is 0. The largest absolute Gasteiger partial charge is 0.381 e. The Morgan fingerprint density at radius 2 is 1.10 bits per heavy atom. The summed E-state index contributed by atoms with van der Waals surface area (Å²) in [6.07, 6.45) is 16.8. The summed E-state index contributed by atoms with van der Waals surface area (Å²) in [5.74, 6) is 2.66. The lowest BCUT2D eigenvalue weighted by Crippen LogP contribution is -1.95. The number of hydrogen-bond acceptors (Lipinski definition) is 2. The predicted octanol–water partition coefficient (Wildman–Crippen LogP) is 6.46. The van der Waals surface area contributed by atoms with E-state index in [1.54, 1.807) is 0 Å². The molecule has 0 aromatic heterocycles. The Bertz CT molecular complexity index is 143. The average molecular weight is 303 g/mol. The molecule has 0 saturated carbocycles. The number of rotatable bonds is 17. The van der Waals surface area contributed by atoms with Crippen LogP contribution in [0.4, 0.5) is 0 Å². The van der Waals surface area contributed by atoms with Gasteiger partial charge in [0.1, 0.15) is 0 Å². The highest BCUT2D eigenvalue weighted by Crippen LogP contribution is 2.12. The third-order valence-electron chi connectivity index (χ3n) is 3.63. The van der Waals surface area contributed by atoms with E-state index in [-0.39, 0.29) is 0 Å². The second kappa shape index (κ2) is 19.3. The Balaban J connectivity index is 2.89. The fourth-order valence-electron chi connectivity index (χ4n) is 2.39. The first-order valence-electron chi connectivity index (χ1n) is 9.07. The van der Waals surface area contributed by atoms with Crippen molar-refractivity contribution in [3.8, 4) is 0 Å². The first-order valence-corrected chi connectivity index (χ1v) is 10.2. The second-order valence-electron chi connectivity index (χ2n) is 5.70. The van der Waals surface area contributed by atoms with Crippen molar-refractivity contribution in [3.05, 3.63) is 0 Å². The molecule has 2 heteroatoms. The first kappa shape index (κ1) is 20.3. The zero-order valence-electron chi connectivity index (χ0n) is 14.1. The van der Waals surface area contributed by atoms with E-state index in [1.165, 1.54) is 82.1 Å². The van der Waals surface area contributed by atoms with Crippen molar-refractivity contribution in [3.63, 3.8) is 0 Å². The summed E-state index contributed by atoms with van der Waals surface area (Å²) < 4.78 is 5.49. The maximum Gasteiger partial charge on any atom is 0.0466 e. The van der Waals surface area contributed by atoms with Crippen LogP contribution >= 0.6 is 11.8 Å². The molecule has 0 amide bonds. The molecule has 0 aliphatic carbocycles. The third kappa shape index (κ3) is 18.3. The molecule has 0 aliphatic heterocycles. The molecule has 0 aromatic carbocycles. The standard InChI is InChI=1S/C18H38OS/c1-3-16-19-17-14-12-10-8-6-5-7-9-11-13-15-18-20-4-2/h3-18H2,1-2H3. The summed E-state index contributed by atoms with van der Waals surface area (Å²) in [6, 6.07) is 0. The Morgan fingerprint density at radius 3 is 1.60 bits per heavy atom. The van der Waals surface area contributed by atoms with Gasteiger partial charge in [0.15, 0.2) is 0 Å². The van der Waals surface area contributed by atoms with Gasteiger partial charge in [0.2, 0.25) is 0 Å². The molecule has 0 spiro atoms. The van der Waals surface area contributed by atoms with Gasteiger partial charge >= 0.3 is 0 Å². The molecule has 0 aliphatic rings. The van der Waals surface area contributed by atoms with Gasteiger partial charge in [0.05, 0.1) is 0 Å². The first-order chi connectivity index (χ1) is 9.91. The Labute approximate surface area is 132 Å². The Kier molecular flexibility index (Phi) is 19.6. The van der Waals surface area contributed by atoms with Gasteiger partial charge < -0.3 is 4.74 Å². The monoisotopic (exact) mass is 302 g/mol. The van der Waals surface area contributed by atoms with Crippen LogP contribution in [-0.2, 0) is 4.74 Å². The van der Waals surface area contributed by atoms with E-state index in [2.05, 4.69) is 25.6 Å². The minimum atomic E-state index is 0.942. The number of hydrogen-bond donors (Lipinski definition) is 0. The highest BCUT2D eigenvalue weighted by atomic mass is 32.2. The fraction of sp³-hybridized carbons (Fsp3) is 1.00. The summed E-state index contributed by atoms with van der Waals surface area (Å²) in [5, 5.41) is 0. The Hall–Kier alpha value is 0.310. The van der Waals surface area contributed by atoms with Gasteiger partial charge in [-0.05, 0) is 30.8 Å². The van der Waals surface area contributed by atoms with Crippen molar-refractivity contribution in [1.82, 2.24) is 0 Å². The van der Waals surface area contributed by atoms with E-state index in [0.717, 1.165) is 19.6 Å². The van der Waals surface area contributed by atoms with Crippen molar-refractivity contribution in [2.24, 2.45) is 0 Å². The van der Waals surface area contributed by atoms with Crippen LogP contribution in [0.5, 0.6) is 0 Å². The average Bonchev–Trinajstić information content (AvgIpc) is 2.47. The normalized spacial score (nSPS) is 11.1. The van der Waals surface area contributed by atoms with Crippen LogP contribution in [-0.4, -0.2) is 24.7 Å². The lowest BCUT2D eigenvalue weighted by Gasteiger charge is -2.04. The van der Waals surface area contributed by atoms with Crippen LogP contribution in [0.3, 0.4) is 0 Å². The van der Waals surface area contributed by atoms with Gasteiger partial charge in [0, 0.05) is 13.2 Å². The molecule has 0 rings (SSSR count). The molecule has 0 unspecified atom stereocenters. The lowest BCUT2D eigenvalue weighted by molar-refractivity contribution is 0.130. The molecule has 0 N–H and O–H groups in total. The van der Waals surface area contributed by atoms with E-state index in [4.69, 9.17) is 4.74 Å². The number of unbranched alkanes of at least 4 members (excludes halogenated alkanes) is 10. The molecule has 0 bridgehead atoms.